The summed E-state index contributed by atoms with van der Waals surface area (Å²) < 4.78 is 1.37. The van der Waals surface area contributed by atoms with Gasteiger partial charge in [-0.05, 0) is 112 Å². The minimum atomic E-state index is -0.0401. The van der Waals surface area contributed by atoms with E-state index in [1.54, 1.807) is 0 Å². The number of rotatable bonds is 3. The van der Waals surface area contributed by atoms with Gasteiger partial charge in [-0.1, -0.05) is 147 Å². The molecule has 0 atom stereocenters. The predicted octanol–water partition coefficient (Wildman–Crippen LogP) is 13.7. The van der Waals surface area contributed by atoms with Crippen LogP contribution in [-0.4, -0.2) is 0 Å². The smallest absolute Gasteiger partial charge is 0.0399 e. The Morgan fingerprint density at radius 3 is 1.69 bits per heavy atom. The predicted molar refractivity (Wildman–Crippen MR) is 208 cm³/mol. The highest BCUT2D eigenvalue weighted by atomic mass is 32.1. The van der Waals surface area contributed by atoms with E-state index in [0.717, 1.165) is 0 Å². The SMILES string of the molecule is CC1(C)c2ccc(-c3c4ccccc4c(-c4cc(-c5ccccc5)cc5ccccc45)c4ccccc34)cc2-c2sc3ccccc3c21. The molecule has 0 aliphatic heterocycles. The maximum atomic E-state index is 2.48. The van der Waals surface area contributed by atoms with Crippen LogP contribution < -0.4 is 0 Å². The lowest BCUT2D eigenvalue weighted by Crippen LogP contribution is -2.14. The molecule has 1 aliphatic carbocycles. The van der Waals surface area contributed by atoms with Crippen LogP contribution in [0.5, 0.6) is 0 Å². The van der Waals surface area contributed by atoms with Gasteiger partial charge in [0.25, 0.3) is 0 Å². The van der Waals surface area contributed by atoms with Gasteiger partial charge in [0.1, 0.15) is 0 Å². The van der Waals surface area contributed by atoms with Crippen molar-refractivity contribution in [3.63, 3.8) is 0 Å². The summed E-state index contributed by atoms with van der Waals surface area (Å²) in [5.41, 5.74) is 11.9. The largest absolute Gasteiger partial charge is 0.135 e. The van der Waals surface area contributed by atoms with Gasteiger partial charge in [0.15, 0.2) is 0 Å². The van der Waals surface area contributed by atoms with Crippen molar-refractivity contribution >= 4 is 53.7 Å². The lowest BCUT2D eigenvalue weighted by molar-refractivity contribution is 0.667. The van der Waals surface area contributed by atoms with Crippen molar-refractivity contribution in [1.82, 2.24) is 0 Å². The van der Waals surface area contributed by atoms with Gasteiger partial charge in [0.05, 0.1) is 0 Å². The standard InChI is InChI=1S/C47H32S/c1-47(2)41-25-24-31(27-40(41)46-45(47)38-22-12-13-23-42(38)48-46)43-34-18-8-10-20-36(34)44(37-21-11-9-19-35(37)43)39-28-32(29-14-4-3-5-15-29)26-30-16-6-7-17-33(30)39/h3-28H,1-2H3. The molecule has 0 bridgehead atoms. The van der Waals surface area contributed by atoms with Gasteiger partial charge in [-0.3, -0.25) is 0 Å². The van der Waals surface area contributed by atoms with Crippen LogP contribution >= 0.6 is 11.3 Å². The second kappa shape index (κ2) is 10.2. The van der Waals surface area contributed by atoms with E-state index in [2.05, 4.69) is 172 Å². The summed E-state index contributed by atoms with van der Waals surface area (Å²) in [7, 11) is 0. The first-order valence-corrected chi connectivity index (χ1v) is 17.6. The second-order valence-corrected chi connectivity index (χ2v) is 14.7. The first-order valence-electron chi connectivity index (χ1n) is 16.8. The molecule has 9 aromatic rings. The van der Waals surface area contributed by atoms with Gasteiger partial charge in [-0.2, -0.15) is 0 Å². The number of fused-ring (bicyclic) bond motifs is 8. The highest BCUT2D eigenvalue weighted by Crippen LogP contribution is 2.56. The molecule has 0 saturated heterocycles. The molecule has 1 aliphatic rings. The third-order valence-corrected chi connectivity index (χ3v) is 11.8. The Morgan fingerprint density at radius 1 is 0.417 bits per heavy atom. The minimum Gasteiger partial charge on any atom is -0.135 e. The zero-order valence-corrected chi connectivity index (χ0v) is 27.7. The topological polar surface area (TPSA) is 0 Å². The quantitative estimate of drug-likeness (QED) is 0.171. The average molecular weight is 629 g/mol. The zero-order valence-electron chi connectivity index (χ0n) is 26.9. The Hall–Kier alpha value is -5.50. The lowest BCUT2D eigenvalue weighted by Gasteiger charge is -2.22. The first-order chi connectivity index (χ1) is 23.6. The normalized spacial score (nSPS) is 13.4. The summed E-state index contributed by atoms with van der Waals surface area (Å²) >= 11 is 1.94. The number of benzene rings is 8. The molecular formula is C47H32S. The molecule has 1 heterocycles. The fourth-order valence-electron chi connectivity index (χ4n) is 8.47. The van der Waals surface area contributed by atoms with Crippen molar-refractivity contribution in [3.8, 4) is 43.8 Å². The molecule has 0 N–H and O–H groups in total. The van der Waals surface area contributed by atoms with Crippen molar-refractivity contribution in [3.05, 3.63) is 169 Å². The molecular weight excluding hydrogens is 597 g/mol. The molecule has 0 fully saturated rings. The van der Waals surface area contributed by atoms with Crippen LogP contribution in [0.3, 0.4) is 0 Å². The van der Waals surface area contributed by atoms with E-state index in [1.807, 2.05) is 11.3 Å². The number of hydrogen-bond donors (Lipinski definition) is 0. The lowest BCUT2D eigenvalue weighted by atomic mass is 9.80. The van der Waals surface area contributed by atoms with E-state index < -0.39 is 0 Å². The monoisotopic (exact) mass is 628 g/mol. The molecule has 0 saturated carbocycles. The van der Waals surface area contributed by atoms with Crippen LogP contribution in [0.1, 0.15) is 25.0 Å². The van der Waals surface area contributed by atoms with Gasteiger partial charge < -0.3 is 0 Å². The highest BCUT2D eigenvalue weighted by Gasteiger charge is 2.39. The van der Waals surface area contributed by atoms with Crippen LogP contribution in [0.25, 0.3) is 86.2 Å². The van der Waals surface area contributed by atoms with Gasteiger partial charge >= 0.3 is 0 Å². The zero-order chi connectivity index (χ0) is 32.0. The summed E-state index contributed by atoms with van der Waals surface area (Å²) in [6.45, 7) is 4.79. The Balaban J connectivity index is 1.28. The second-order valence-electron chi connectivity index (χ2n) is 13.6. The average Bonchev–Trinajstić information content (AvgIpc) is 3.63. The van der Waals surface area contributed by atoms with Gasteiger partial charge in [0, 0.05) is 15.0 Å². The van der Waals surface area contributed by atoms with Gasteiger partial charge in [0.2, 0.25) is 0 Å². The molecule has 48 heavy (non-hydrogen) atoms. The summed E-state index contributed by atoms with van der Waals surface area (Å²) in [6, 6.07) is 58.6. The van der Waals surface area contributed by atoms with Crippen molar-refractivity contribution in [1.29, 1.82) is 0 Å². The van der Waals surface area contributed by atoms with Crippen molar-refractivity contribution in [2.24, 2.45) is 0 Å². The molecule has 0 amide bonds. The number of thiophene rings is 1. The molecule has 0 radical (unpaired) electrons. The van der Waals surface area contributed by atoms with Crippen molar-refractivity contribution < 1.29 is 0 Å². The van der Waals surface area contributed by atoms with Crippen LogP contribution in [0.4, 0.5) is 0 Å². The van der Waals surface area contributed by atoms with Crippen LogP contribution in [0.2, 0.25) is 0 Å². The van der Waals surface area contributed by atoms with Crippen LogP contribution in [-0.2, 0) is 5.41 Å². The van der Waals surface area contributed by atoms with E-state index in [-0.39, 0.29) is 5.41 Å². The molecule has 0 nitrogen and oxygen atoms in total. The third kappa shape index (κ3) is 3.89. The Labute approximate surface area is 284 Å². The molecule has 1 heteroatoms. The van der Waals surface area contributed by atoms with E-state index in [0.29, 0.717) is 0 Å². The molecule has 8 aromatic carbocycles. The summed E-state index contributed by atoms with van der Waals surface area (Å²) in [5, 5.41) is 9.06. The fourth-order valence-corrected chi connectivity index (χ4v) is 9.86. The molecule has 0 spiro atoms. The van der Waals surface area contributed by atoms with Crippen LogP contribution in [0.15, 0.2) is 158 Å². The van der Waals surface area contributed by atoms with Gasteiger partial charge in [-0.25, -0.2) is 0 Å². The maximum absolute atomic E-state index is 2.48. The van der Waals surface area contributed by atoms with E-state index in [9.17, 15) is 0 Å². The summed E-state index contributed by atoms with van der Waals surface area (Å²) in [4.78, 5) is 1.42. The van der Waals surface area contributed by atoms with Gasteiger partial charge in [-0.15, -0.1) is 11.3 Å². The minimum absolute atomic E-state index is 0.0401. The van der Waals surface area contributed by atoms with E-state index in [1.165, 1.54) is 97.4 Å². The summed E-state index contributed by atoms with van der Waals surface area (Å²) in [5.74, 6) is 0. The Bertz CT molecular complexity index is 2690. The highest BCUT2D eigenvalue weighted by molar-refractivity contribution is 7.22. The molecule has 10 rings (SSSR count). The Kier molecular flexibility index (Phi) is 5.89. The van der Waals surface area contributed by atoms with Crippen molar-refractivity contribution in [2.45, 2.75) is 19.3 Å². The summed E-state index contributed by atoms with van der Waals surface area (Å²) in [6.07, 6.45) is 0. The van der Waals surface area contributed by atoms with E-state index >= 15 is 0 Å². The van der Waals surface area contributed by atoms with E-state index in [4.69, 9.17) is 0 Å². The fraction of sp³-hybridized carbons (Fsp3) is 0.0638. The Morgan fingerprint density at radius 2 is 0.979 bits per heavy atom. The van der Waals surface area contributed by atoms with Crippen molar-refractivity contribution in [2.75, 3.05) is 0 Å². The third-order valence-electron chi connectivity index (χ3n) is 10.6. The molecule has 1 aromatic heterocycles. The molecule has 0 unspecified atom stereocenters. The first kappa shape index (κ1) is 27.6. The number of hydrogen-bond acceptors (Lipinski definition) is 1. The van der Waals surface area contributed by atoms with Crippen LogP contribution in [0, 0.1) is 0 Å². The molecule has 226 valence electrons. The maximum Gasteiger partial charge on any atom is 0.0399 e.